The molecule has 1 N–H and O–H groups in total. The molecule has 0 radical (unpaired) electrons. The highest BCUT2D eigenvalue weighted by atomic mass is 16.5. The van der Waals surface area contributed by atoms with Crippen molar-refractivity contribution in [2.45, 2.75) is 45.6 Å². The Labute approximate surface area is 121 Å². The van der Waals surface area contributed by atoms with E-state index in [-0.39, 0.29) is 11.9 Å². The Balaban J connectivity index is 2.76. The Bertz CT molecular complexity index is 409. The first-order chi connectivity index (χ1) is 9.63. The molecule has 1 rings (SSSR count). The summed E-state index contributed by atoms with van der Waals surface area (Å²) in [5.41, 5.74) is 0.458. The number of unbranched alkanes of at least 4 members (excludes halogenated alkanes) is 2. The van der Waals surface area contributed by atoms with Crippen molar-refractivity contribution in [3.8, 4) is 11.5 Å². The van der Waals surface area contributed by atoms with Crippen LogP contribution < -0.4 is 14.8 Å². The molecule has 4 heteroatoms. The van der Waals surface area contributed by atoms with Gasteiger partial charge in [0.05, 0.1) is 14.2 Å². The Morgan fingerprint density at radius 3 is 2.30 bits per heavy atom. The number of nitrogens with one attached hydrogen (secondary N) is 1. The van der Waals surface area contributed by atoms with Crippen LogP contribution in [-0.2, 0) is 0 Å². The second kappa shape index (κ2) is 8.46. The van der Waals surface area contributed by atoms with Crippen molar-refractivity contribution in [3.05, 3.63) is 23.8 Å². The van der Waals surface area contributed by atoms with Crippen molar-refractivity contribution >= 4 is 5.91 Å². The molecule has 112 valence electrons. The van der Waals surface area contributed by atoms with Crippen molar-refractivity contribution in [3.63, 3.8) is 0 Å². The summed E-state index contributed by atoms with van der Waals surface area (Å²) in [6, 6.07) is 5.47. The topological polar surface area (TPSA) is 47.6 Å². The second-order valence-corrected chi connectivity index (χ2v) is 4.91. The zero-order chi connectivity index (χ0) is 15.0. The molecule has 0 heterocycles. The van der Waals surface area contributed by atoms with Crippen molar-refractivity contribution < 1.29 is 14.3 Å². The molecule has 0 saturated heterocycles. The Morgan fingerprint density at radius 1 is 1.20 bits per heavy atom. The molecule has 1 aromatic carbocycles. The normalized spacial score (nSPS) is 11.8. The fourth-order valence-corrected chi connectivity index (χ4v) is 2.14. The predicted molar refractivity (Wildman–Crippen MR) is 80.6 cm³/mol. The SMILES string of the molecule is CCCCCC(C)NC(=O)c1c(OC)cccc1OC. The van der Waals surface area contributed by atoms with E-state index in [9.17, 15) is 4.79 Å². The van der Waals surface area contributed by atoms with E-state index in [1.54, 1.807) is 32.4 Å². The average molecular weight is 279 g/mol. The third-order valence-electron chi connectivity index (χ3n) is 3.27. The van der Waals surface area contributed by atoms with Crippen LogP contribution in [0.15, 0.2) is 18.2 Å². The van der Waals surface area contributed by atoms with Crippen LogP contribution in [0.4, 0.5) is 0 Å². The van der Waals surface area contributed by atoms with Crippen LogP contribution in [0.25, 0.3) is 0 Å². The molecule has 0 saturated carbocycles. The third-order valence-corrected chi connectivity index (χ3v) is 3.27. The number of hydrogen-bond acceptors (Lipinski definition) is 3. The Kier molecular flexibility index (Phi) is 6.91. The third kappa shape index (κ3) is 4.44. The molecule has 0 aliphatic heterocycles. The monoisotopic (exact) mass is 279 g/mol. The van der Waals surface area contributed by atoms with Gasteiger partial charge in [0.15, 0.2) is 0 Å². The maximum absolute atomic E-state index is 12.4. The fraction of sp³-hybridized carbons (Fsp3) is 0.562. The van der Waals surface area contributed by atoms with Gasteiger partial charge in [-0.05, 0) is 25.5 Å². The molecule has 1 unspecified atom stereocenters. The average Bonchev–Trinajstić information content (AvgIpc) is 2.46. The molecule has 1 amide bonds. The molecule has 0 aliphatic carbocycles. The molecule has 0 aromatic heterocycles. The maximum Gasteiger partial charge on any atom is 0.259 e. The standard InChI is InChI=1S/C16H25NO3/c1-5-6-7-9-12(2)17-16(18)15-13(19-3)10-8-11-14(15)20-4/h8,10-12H,5-7,9H2,1-4H3,(H,17,18). The maximum atomic E-state index is 12.4. The van der Waals surface area contributed by atoms with Crippen LogP contribution in [0.3, 0.4) is 0 Å². The minimum Gasteiger partial charge on any atom is -0.496 e. The summed E-state index contributed by atoms with van der Waals surface area (Å²) < 4.78 is 10.5. The van der Waals surface area contributed by atoms with Crippen LogP contribution in [-0.4, -0.2) is 26.2 Å². The Hall–Kier alpha value is -1.71. The van der Waals surface area contributed by atoms with E-state index < -0.39 is 0 Å². The first kappa shape index (κ1) is 16.3. The van der Waals surface area contributed by atoms with Crippen LogP contribution in [0.5, 0.6) is 11.5 Å². The zero-order valence-corrected chi connectivity index (χ0v) is 12.9. The predicted octanol–water partition coefficient (Wildman–Crippen LogP) is 3.40. The summed E-state index contributed by atoms with van der Waals surface area (Å²) in [5, 5.41) is 3.01. The molecule has 0 bridgehead atoms. The van der Waals surface area contributed by atoms with Gasteiger partial charge in [-0.2, -0.15) is 0 Å². The van der Waals surface area contributed by atoms with Crippen molar-refractivity contribution in [1.82, 2.24) is 5.32 Å². The summed E-state index contributed by atoms with van der Waals surface area (Å²) in [4.78, 5) is 12.4. The highest BCUT2D eigenvalue weighted by Crippen LogP contribution is 2.28. The number of hydrogen-bond donors (Lipinski definition) is 1. The van der Waals surface area contributed by atoms with Crippen LogP contribution in [0, 0.1) is 0 Å². The number of rotatable bonds is 8. The molecule has 0 spiro atoms. The molecule has 1 atom stereocenters. The van der Waals surface area contributed by atoms with E-state index in [0.717, 1.165) is 12.8 Å². The summed E-state index contributed by atoms with van der Waals surface area (Å²) >= 11 is 0. The quantitative estimate of drug-likeness (QED) is 0.742. The van der Waals surface area contributed by atoms with Gasteiger partial charge in [0.1, 0.15) is 17.1 Å². The highest BCUT2D eigenvalue weighted by molar-refractivity contribution is 5.99. The van der Waals surface area contributed by atoms with Gasteiger partial charge in [-0.1, -0.05) is 32.3 Å². The first-order valence-electron chi connectivity index (χ1n) is 7.15. The minimum atomic E-state index is -0.150. The fourth-order valence-electron chi connectivity index (χ4n) is 2.14. The lowest BCUT2D eigenvalue weighted by Crippen LogP contribution is -2.33. The van der Waals surface area contributed by atoms with Crippen molar-refractivity contribution in [2.24, 2.45) is 0 Å². The van der Waals surface area contributed by atoms with E-state index in [4.69, 9.17) is 9.47 Å². The Morgan fingerprint density at radius 2 is 1.80 bits per heavy atom. The number of methoxy groups -OCH3 is 2. The number of ether oxygens (including phenoxy) is 2. The van der Waals surface area contributed by atoms with Gasteiger partial charge >= 0.3 is 0 Å². The summed E-state index contributed by atoms with van der Waals surface area (Å²) in [7, 11) is 3.10. The van der Waals surface area contributed by atoms with Gasteiger partial charge in [0, 0.05) is 6.04 Å². The lowest BCUT2D eigenvalue weighted by Gasteiger charge is -2.17. The minimum absolute atomic E-state index is 0.142. The van der Waals surface area contributed by atoms with Crippen LogP contribution in [0.1, 0.15) is 49.9 Å². The van der Waals surface area contributed by atoms with Crippen LogP contribution in [0.2, 0.25) is 0 Å². The van der Waals surface area contributed by atoms with E-state index in [0.29, 0.717) is 17.1 Å². The summed E-state index contributed by atoms with van der Waals surface area (Å²) in [6.07, 6.45) is 4.48. The van der Waals surface area contributed by atoms with Gasteiger partial charge in [0.2, 0.25) is 0 Å². The van der Waals surface area contributed by atoms with E-state index in [1.807, 2.05) is 6.92 Å². The number of carbonyl (C=O) groups is 1. The van der Waals surface area contributed by atoms with E-state index in [1.165, 1.54) is 12.8 Å². The van der Waals surface area contributed by atoms with E-state index >= 15 is 0 Å². The molecule has 4 nitrogen and oxygen atoms in total. The summed E-state index contributed by atoms with van der Waals surface area (Å²) in [5.74, 6) is 0.911. The first-order valence-corrected chi connectivity index (χ1v) is 7.15. The largest absolute Gasteiger partial charge is 0.496 e. The molecule has 1 aromatic rings. The number of amides is 1. The smallest absolute Gasteiger partial charge is 0.259 e. The number of carbonyl (C=O) groups excluding carboxylic acids is 1. The lowest BCUT2D eigenvalue weighted by molar-refractivity contribution is 0.0931. The van der Waals surface area contributed by atoms with Gasteiger partial charge in [-0.3, -0.25) is 4.79 Å². The second-order valence-electron chi connectivity index (χ2n) is 4.91. The van der Waals surface area contributed by atoms with Gasteiger partial charge in [-0.15, -0.1) is 0 Å². The van der Waals surface area contributed by atoms with Crippen molar-refractivity contribution in [1.29, 1.82) is 0 Å². The summed E-state index contributed by atoms with van der Waals surface area (Å²) in [6.45, 7) is 4.19. The zero-order valence-electron chi connectivity index (χ0n) is 12.9. The van der Waals surface area contributed by atoms with Crippen molar-refractivity contribution in [2.75, 3.05) is 14.2 Å². The molecular weight excluding hydrogens is 254 g/mol. The molecule has 20 heavy (non-hydrogen) atoms. The lowest BCUT2D eigenvalue weighted by atomic mass is 10.1. The number of benzene rings is 1. The highest BCUT2D eigenvalue weighted by Gasteiger charge is 2.19. The van der Waals surface area contributed by atoms with Gasteiger partial charge in [-0.25, -0.2) is 0 Å². The van der Waals surface area contributed by atoms with Gasteiger partial charge < -0.3 is 14.8 Å². The molecule has 0 fully saturated rings. The van der Waals surface area contributed by atoms with E-state index in [2.05, 4.69) is 12.2 Å². The van der Waals surface area contributed by atoms with Crippen LogP contribution >= 0.6 is 0 Å². The molecule has 0 aliphatic rings. The molecular formula is C16H25NO3. The van der Waals surface area contributed by atoms with Gasteiger partial charge in [0.25, 0.3) is 5.91 Å².